The summed E-state index contributed by atoms with van der Waals surface area (Å²) < 4.78 is 0. The lowest BCUT2D eigenvalue weighted by Crippen LogP contribution is -2.53. The van der Waals surface area contributed by atoms with Crippen molar-refractivity contribution in [3.05, 3.63) is 18.2 Å². The van der Waals surface area contributed by atoms with Crippen LogP contribution in [0.5, 0.6) is 0 Å². The van der Waals surface area contributed by atoms with Crippen LogP contribution in [0, 0.1) is 0 Å². The predicted octanol–water partition coefficient (Wildman–Crippen LogP) is 0.414. The lowest BCUT2D eigenvalue weighted by Gasteiger charge is -2.25. The first-order valence-corrected chi connectivity index (χ1v) is 5.08. The Kier molecular flexibility index (Phi) is 3.72. The van der Waals surface area contributed by atoms with Gasteiger partial charge in [0.2, 0.25) is 0 Å². The van der Waals surface area contributed by atoms with Gasteiger partial charge in [-0.05, 0) is 13.8 Å². The number of carbonyl (C=O) groups is 2. The number of nitrogens with one attached hydrogen (secondary N) is 2. The number of urea groups is 1. The molecule has 1 rings (SSSR count). The van der Waals surface area contributed by atoms with Crippen LogP contribution in [-0.4, -0.2) is 44.6 Å². The summed E-state index contributed by atoms with van der Waals surface area (Å²) in [5.41, 5.74) is -1.30. The number of aliphatic carboxylic acids is 1. The predicted molar refractivity (Wildman–Crippen MR) is 60.3 cm³/mol. The Morgan fingerprint density at radius 3 is 2.71 bits per heavy atom. The van der Waals surface area contributed by atoms with Crippen molar-refractivity contribution >= 4 is 12.0 Å². The summed E-state index contributed by atoms with van der Waals surface area (Å²) in [4.78, 5) is 30.7. The Hall–Kier alpha value is -2.05. The van der Waals surface area contributed by atoms with Crippen molar-refractivity contribution in [1.29, 1.82) is 0 Å². The standard InChI is InChI=1S/C10H16N4O3/c1-10(2,8(15)16)13-9(17)14(3)6-7-11-4-5-12-7/h4-5H,6H2,1-3H3,(H,11,12)(H,13,17)(H,15,16). The maximum Gasteiger partial charge on any atom is 0.328 e. The Balaban J connectivity index is 2.56. The minimum absolute atomic E-state index is 0.286. The highest BCUT2D eigenvalue weighted by Gasteiger charge is 2.30. The van der Waals surface area contributed by atoms with Crippen molar-refractivity contribution in [1.82, 2.24) is 20.2 Å². The quantitative estimate of drug-likeness (QED) is 0.710. The monoisotopic (exact) mass is 240 g/mol. The van der Waals surface area contributed by atoms with Gasteiger partial charge in [-0.15, -0.1) is 0 Å². The molecule has 0 unspecified atom stereocenters. The smallest absolute Gasteiger partial charge is 0.328 e. The topological polar surface area (TPSA) is 98.3 Å². The van der Waals surface area contributed by atoms with E-state index in [4.69, 9.17) is 5.11 Å². The molecule has 3 N–H and O–H groups in total. The Labute approximate surface area is 98.8 Å². The molecule has 0 saturated carbocycles. The average Bonchev–Trinajstić information content (AvgIpc) is 2.69. The van der Waals surface area contributed by atoms with E-state index in [2.05, 4.69) is 15.3 Å². The molecule has 0 radical (unpaired) electrons. The molecule has 0 spiro atoms. The van der Waals surface area contributed by atoms with Crippen molar-refractivity contribution in [3.63, 3.8) is 0 Å². The number of aromatic nitrogens is 2. The summed E-state index contributed by atoms with van der Waals surface area (Å²) in [5.74, 6) is -0.451. The number of aromatic amines is 1. The van der Waals surface area contributed by atoms with Crippen molar-refractivity contribution in [2.75, 3.05) is 7.05 Å². The number of carbonyl (C=O) groups excluding carboxylic acids is 1. The minimum atomic E-state index is -1.30. The van der Waals surface area contributed by atoms with Crippen LogP contribution in [0.15, 0.2) is 12.4 Å². The molecule has 7 nitrogen and oxygen atoms in total. The molecule has 1 aromatic heterocycles. The lowest BCUT2D eigenvalue weighted by atomic mass is 10.1. The lowest BCUT2D eigenvalue weighted by molar-refractivity contribution is -0.143. The molecule has 94 valence electrons. The van der Waals surface area contributed by atoms with E-state index in [1.165, 1.54) is 18.7 Å². The van der Waals surface area contributed by atoms with Gasteiger partial charge >= 0.3 is 12.0 Å². The van der Waals surface area contributed by atoms with Crippen LogP contribution in [-0.2, 0) is 11.3 Å². The van der Waals surface area contributed by atoms with Crippen LogP contribution in [0.1, 0.15) is 19.7 Å². The van der Waals surface area contributed by atoms with E-state index in [1.54, 1.807) is 19.4 Å². The van der Waals surface area contributed by atoms with Crippen molar-refractivity contribution in [2.24, 2.45) is 0 Å². The molecule has 0 atom stereocenters. The van der Waals surface area contributed by atoms with Gasteiger partial charge in [0.1, 0.15) is 11.4 Å². The van der Waals surface area contributed by atoms with E-state index in [1.807, 2.05) is 0 Å². The van der Waals surface area contributed by atoms with Gasteiger partial charge in [-0.2, -0.15) is 0 Å². The summed E-state index contributed by atoms with van der Waals surface area (Å²) in [6, 6.07) is -0.464. The molecule has 0 aliphatic heterocycles. The molecular formula is C10H16N4O3. The van der Waals surface area contributed by atoms with Crippen LogP contribution in [0.3, 0.4) is 0 Å². The fourth-order valence-electron chi connectivity index (χ4n) is 1.10. The molecule has 1 aromatic rings. The van der Waals surface area contributed by atoms with Gasteiger partial charge in [-0.1, -0.05) is 0 Å². The fraction of sp³-hybridized carbons (Fsp3) is 0.500. The third-order valence-electron chi connectivity index (χ3n) is 2.24. The zero-order valence-corrected chi connectivity index (χ0v) is 10.0. The Morgan fingerprint density at radius 1 is 1.59 bits per heavy atom. The second-order valence-corrected chi connectivity index (χ2v) is 4.25. The molecular weight excluding hydrogens is 224 g/mol. The highest BCUT2D eigenvalue weighted by atomic mass is 16.4. The highest BCUT2D eigenvalue weighted by Crippen LogP contribution is 2.04. The molecule has 0 aromatic carbocycles. The van der Waals surface area contributed by atoms with Crippen LogP contribution >= 0.6 is 0 Å². The van der Waals surface area contributed by atoms with Crippen molar-refractivity contribution in [2.45, 2.75) is 25.9 Å². The first-order chi connectivity index (χ1) is 7.83. The van der Waals surface area contributed by atoms with Gasteiger partial charge in [-0.25, -0.2) is 14.6 Å². The zero-order chi connectivity index (χ0) is 13.1. The van der Waals surface area contributed by atoms with E-state index < -0.39 is 17.5 Å². The van der Waals surface area contributed by atoms with Crippen LogP contribution in [0.2, 0.25) is 0 Å². The number of nitrogens with zero attached hydrogens (tertiary/aromatic N) is 2. The molecule has 2 amide bonds. The molecule has 0 aliphatic carbocycles. The molecule has 0 aliphatic rings. The van der Waals surface area contributed by atoms with Gasteiger partial charge in [0.05, 0.1) is 6.54 Å². The van der Waals surface area contributed by atoms with E-state index in [9.17, 15) is 9.59 Å². The Bertz CT molecular complexity index is 400. The van der Waals surface area contributed by atoms with Gasteiger partial charge in [0.25, 0.3) is 0 Å². The second-order valence-electron chi connectivity index (χ2n) is 4.25. The second kappa shape index (κ2) is 4.86. The number of hydrogen-bond donors (Lipinski definition) is 3. The number of amides is 2. The SMILES string of the molecule is CN(Cc1ncc[nH]1)C(=O)NC(C)(C)C(=O)O. The van der Waals surface area contributed by atoms with Crippen molar-refractivity contribution < 1.29 is 14.7 Å². The summed E-state index contributed by atoms with van der Waals surface area (Å²) in [7, 11) is 1.57. The molecule has 0 bridgehead atoms. The van der Waals surface area contributed by atoms with E-state index in [-0.39, 0.29) is 6.54 Å². The fourth-order valence-corrected chi connectivity index (χ4v) is 1.10. The third kappa shape index (κ3) is 3.47. The summed E-state index contributed by atoms with van der Waals surface area (Å²) >= 11 is 0. The van der Waals surface area contributed by atoms with Gasteiger partial charge < -0.3 is 20.3 Å². The van der Waals surface area contributed by atoms with E-state index in [0.717, 1.165) is 0 Å². The number of carboxylic acids is 1. The summed E-state index contributed by atoms with van der Waals surface area (Å²) in [6.45, 7) is 3.14. The van der Waals surface area contributed by atoms with Crippen LogP contribution in [0.4, 0.5) is 4.79 Å². The molecule has 17 heavy (non-hydrogen) atoms. The molecule has 0 saturated heterocycles. The zero-order valence-electron chi connectivity index (χ0n) is 10.0. The van der Waals surface area contributed by atoms with Crippen molar-refractivity contribution in [3.8, 4) is 0 Å². The summed E-state index contributed by atoms with van der Waals surface area (Å²) in [6.07, 6.45) is 3.24. The van der Waals surface area contributed by atoms with E-state index >= 15 is 0 Å². The number of hydrogen-bond acceptors (Lipinski definition) is 3. The average molecular weight is 240 g/mol. The minimum Gasteiger partial charge on any atom is -0.480 e. The van der Waals surface area contributed by atoms with Crippen LogP contribution in [0.25, 0.3) is 0 Å². The Morgan fingerprint density at radius 2 is 2.24 bits per heavy atom. The van der Waals surface area contributed by atoms with Crippen LogP contribution < -0.4 is 5.32 Å². The number of imidazole rings is 1. The molecule has 1 heterocycles. The summed E-state index contributed by atoms with van der Waals surface area (Å²) in [5, 5.41) is 11.3. The molecule has 7 heteroatoms. The molecule has 0 fully saturated rings. The number of carboxylic acid groups (broad SMARTS) is 1. The first-order valence-electron chi connectivity index (χ1n) is 5.08. The third-order valence-corrected chi connectivity index (χ3v) is 2.24. The first kappa shape index (κ1) is 13.0. The number of H-pyrrole nitrogens is 1. The number of rotatable bonds is 4. The van der Waals surface area contributed by atoms with Gasteiger partial charge in [-0.3, -0.25) is 0 Å². The highest BCUT2D eigenvalue weighted by molar-refractivity contribution is 5.85. The maximum atomic E-state index is 11.7. The largest absolute Gasteiger partial charge is 0.480 e. The normalized spacial score (nSPS) is 11.0. The van der Waals surface area contributed by atoms with E-state index in [0.29, 0.717) is 5.82 Å². The van der Waals surface area contributed by atoms with Gasteiger partial charge in [0.15, 0.2) is 0 Å². The van der Waals surface area contributed by atoms with Gasteiger partial charge in [0, 0.05) is 19.4 Å². The maximum absolute atomic E-state index is 11.7.